The molecule has 0 radical (unpaired) electrons. The van der Waals surface area contributed by atoms with Crippen molar-refractivity contribution in [1.29, 1.82) is 0 Å². The van der Waals surface area contributed by atoms with Gasteiger partial charge in [-0.1, -0.05) is 41.5 Å². The molecule has 190 valence electrons. The highest BCUT2D eigenvalue weighted by Gasteiger charge is 2.51. The summed E-state index contributed by atoms with van der Waals surface area (Å²) in [4.78, 5) is 27.0. The van der Waals surface area contributed by atoms with Crippen molar-refractivity contribution in [3.63, 3.8) is 0 Å². The number of nitrogens with one attached hydrogen (secondary N) is 1. The molecule has 2 rings (SSSR count). The van der Waals surface area contributed by atoms with Crippen LogP contribution in [0.3, 0.4) is 0 Å². The number of rotatable bonds is 7. The Morgan fingerprint density at radius 3 is 2.09 bits per heavy atom. The number of hydrogen-bond acceptors (Lipinski definition) is 6. The number of aryl methyl sites for hydroxylation is 1. The minimum Gasteiger partial charge on any atom is -0.416 e. The third-order valence-electron chi connectivity index (χ3n) is 7.75. The zero-order chi connectivity index (χ0) is 25.6. The van der Waals surface area contributed by atoms with E-state index < -0.39 is 22.3 Å². The average molecular weight is 517 g/mol. The molecule has 1 aromatic rings. The minimum atomic E-state index is -2.16. The van der Waals surface area contributed by atoms with E-state index in [1.54, 1.807) is 29.4 Å². The molecular weight excluding hydrogens is 473 g/mol. The maximum absolute atomic E-state index is 12.7. The van der Waals surface area contributed by atoms with E-state index in [9.17, 15) is 14.7 Å². The van der Waals surface area contributed by atoms with Gasteiger partial charge in [0.15, 0.2) is 16.6 Å². The Kier molecular flexibility index (Phi) is 8.46. The van der Waals surface area contributed by atoms with Crippen molar-refractivity contribution in [3.05, 3.63) is 32.6 Å². The molecule has 0 bridgehead atoms. The fourth-order valence-corrected chi connectivity index (χ4v) is 7.63. The summed E-state index contributed by atoms with van der Waals surface area (Å²) in [6, 6.07) is 0. The van der Waals surface area contributed by atoms with Crippen LogP contribution in [0.1, 0.15) is 52.5 Å². The highest BCUT2D eigenvalue weighted by molar-refractivity contribution is 8.00. The van der Waals surface area contributed by atoms with Crippen LogP contribution in [0, 0.1) is 12.8 Å². The lowest BCUT2D eigenvalue weighted by Crippen LogP contribution is -2.50. The molecule has 0 amide bonds. The zero-order valence-electron chi connectivity index (χ0n) is 22.2. The molecule has 10 heteroatoms. The topological polar surface area (TPSA) is 93.6 Å². The van der Waals surface area contributed by atoms with Gasteiger partial charge < -0.3 is 14.0 Å². The molecule has 7 nitrogen and oxygen atoms in total. The van der Waals surface area contributed by atoms with E-state index in [4.69, 9.17) is 8.85 Å². The van der Waals surface area contributed by atoms with Crippen molar-refractivity contribution in [2.75, 3.05) is 13.2 Å². The van der Waals surface area contributed by atoms with E-state index in [1.807, 2.05) is 0 Å². The van der Waals surface area contributed by atoms with Crippen molar-refractivity contribution in [2.45, 2.75) is 101 Å². The summed E-state index contributed by atoms with van der Waals surface area (Å²) in [5, 5.41) is 10.2. The molecule has 1 aromatic heterocycles. The zero-order valence-corrected chi connectivity index (χ0v) is 25.1. The predicted octanol–water partition coefficient (Wildman–Crippen LogP) is 4.48. The summed E-state index contributed by atoms with van der Waals surface area (Å²) >= 11 is 1.61. The Balaban J connectivity index is 2.47. The fourth-order valence-electron chi connectivity index (χ4n) is 3.36. The maximum atomic E-state index is 12.7. The lowest BCUT2D eigenvalue weighted by atomic mass is 10.0. The molecule has 1 aliphatic rings. The largest absolute Gasteiger partial charge is 0.416 e. The fraction of sp³-hybridized carbons (Fsp3) is 0.826. The first kappa shape index (κ1) is 28.6. The Hall–Kier alpha value is -0.656. The summed E-state index contributed by atoms with van der Waals surface area (Å²) < 4.78 is 15.0. The lowest BCUT2D eigenvalue weighted by molar-refractivity contribution is 0.0628. The second-order valence-electron chi connectivity index (χ2n) is 12.3. The molecule has 1 fully saturated rings. The van der Waals surface area contributed by atoms with Crippen LogP contribution in [-0.4, -0.2) is 55.9 Å². The Bertz CT molecular complexity index is 946. The van der Waals surface area contributed by atoms with Gasteiger partial charge in [-0.2, -0.15) is 0 Å². The normalized spacial score (nSPS) is 25.0. The van der Waals surface area contributed by atoms with Crippen LogP contribution < -0.4 is 11.2 Å². The molecule has 0 saturated carbocycles. The number of aliphatic hydroxyl groups is 1. The first-order valence-corrected chi connectivity index (χ1v) is 18.5. The number of thioether (sulfide) groups is 1. The second kappa shape index (κ2) is 9.77. The van der Waals surface area contributed by atoms with E-state index in [0.29, 0.717) is 12.2 Å². The van der Waals surface area contributed by atoms with Crippen molar-refractivity contribution < 1.29 is 14.0 Å². The SMILES string of the molecule is Cc1cn([C@@H]2S[C@H](CO[Si](C)(C)C(C)(C)C)[C@@H](O[Si](C)(C)C(C)(C)C)[C@@H]2CO)c(=O)[nH]c1=O. The van der Waals surface area contributed by atoms with E-state index in [0.717, 1.165) is 0 Å². The number of aromatic amines is 1. The Labute approximate surface area is 204 Å². The molecular formula is C23H44N2O5SSi2. The molecule has 0 spiro atoms. The van der Waals surface area contributed by atoms with Gasteiger partial charge in [-0.15, -0.1) is 11.8 Å². The number of aliphatic hydroxyl groups excluding tert-OH is 1. The smallest absolute Gasteiger partial charge is 0.329 e. The van der Waals surface area contributed by atoms with E-state index in [1.165, 1.54) is 0 Å². The highest BCUT2D eigenvalue weighted by Crippen LogP contribution is 2.50. The van der Waals surface area contributed by atoms with Crippen LogP contribution in [-0.2, 0) is 8.85 Å². The minimum absolute atomic E-state index is 0.00596. The van der Waals surface area contributed by atoms with Crippen LogP contribution in [0.25, 0.3) is 0 Å². The van der Waals surface area contributed by atoms with E-state index in [2.05, 4.69) is 72.7 Å². The average Bonchev–Trinajstić information content (AvgIpc) is 2.97. The molecule has 33 heavy (non-hydrogen) atoms. The molecule has 0 unspecified atom stereocenters. The molecule has 4 atom stereocenters. The van der Waals surface area contributed by atoms with Crippen LogP contribution in [0.15, 0.2) is 15.8 Å². The van der Waals surface area contributed by atoms with Crippen molar-refractivity contribution in [3.8, 4) is 0 Å². The van der Waals surface area contributed by atoms with Crippen molar-refractivity contribution >= 4 is 28.4 Å². The lowest BCUT2D eigenvalue weighted by Gasteiger charge is -2.42. The van der Waals surface area contributed by atoms with Crippen molar-refractivity contribution in [1.82, 2.24) is 9.55 Å². The van der Waals surface area contributed by atoms with Crippen LogP contribution in [0.5, 0.6) is 0 Å². The third kappa shape index (κ3) is 6.13. The third-order valence-corrected chi connectivity index (χ3v) is 18.3. The van der Waals surface area contributed by atoms with Gasteiger partial charge in [0.05, 0.1) is 23.3 Å². The number of aromatic nitrogens is 2. The highest BCUT2D eigenvalue weighted by atomic mass is 32.2. The Morgan fingerprint density at radius 2 is 1.61 bits per heavy atom. The van der Waals surface area contributed by atoms with Crippen LogP contribution in [0.2, 0.25) is 36.3 Å². The molecule has 2 N–H and O–H groups in total. The molecule has 1 saturated heterocycles. The Morgan fingerprint density at radius 1 is 1.06 bits per heavy atom. The summed E-state index contributed by atoms with van der Waals surface area (Å²) in [5.74, 6) is -0.292. The summed E-state index contributed by atoms with van der Waals surface area (Å²) in [6.45, 7) is 24.2. The van der Waals surface area contributed by atoms with E-state index in [-0.39, 0.29) is 44.9 Å². The molecule has 2 heterocycles. The molecule has 0 aromatic carbocycles. The number of hydrogen-bond donors (Lipinski definition) is 2. The first-order valence-electron chi connectivity index (χ1n) is 11.7. The maximum Gasteiger partial charge on any atom is 0.329 e. The predicted molar refractivity (Wildman–Crippen MR) is 142 cm³/mol. The van der Waals surface area contributed by atoms with Gasteiger partial charge in [-0.05, 0) is 43.2 Å². The van der Waals surface area contributed by atoms with Gasteiger partial charge >= 0.3 is 5.69 Å². The van der Waals surface area contributed by atoms with Gasteiger partial charge in [-0.3, -0.25) is 14.3 Å². The number of H-pyrrole nitrogens is 1. The summed E-state index contributed by atoms with van der Waals surface area (Å²) in [5.41, 5.74) is -0.375. The summed E-state index contributed by atoms with van der Waals surface area (Å²) in [6.07, 6.45) is 1.34. The van der Waals surface area contributed by atoms with E-state index >= 15 is 0 Å². The quantitative estimate of drug-likeness (QED) is 0.519. The summed E-state index contributed by atoms with van der Waals surface area (Å²) in [7, 11) is -4.15. The van der Waals surface area contributed by atoms with Gasteiger partial charge in [0.1, 0.15) is 0 Å². The van der Waals surface area contributed by atoms with Gasteiger partial charge in [-0.25, -0.2) is 4.79 Å². The molecule has 1 aliphatic heterocycles. The molecule has 0 aliphatic carbocycles. The standard InChI is InChI=1S/C23H44N2O5SSi2/c1-15-12-25(21(28)24-19(15)27)20-16(13-26)18(30-33(10,11)23(5,6)7)17(31-20)14-29-32(8,9)22(2,3)4/h12,16-18,20,26H,13-14H2,1-11H3,(H,24,27,28)/t16-,17+,18-,20+/m0/s1. The van der Waals surface area contributed by atoms with Gasteiger partial charge in [0.2, 0.25) is 0 Å². The van der Waals surface area contributed by atoms with Gasteiger partial charge in [0.25, 0.3) is 5.56 Å². The van der Waals surface area contributed by atoms with Crippen molar-refractivity contribution in [2.24, 2.45) is 5.92 Å². The monoisotopic (exact) mass is 516 g/mol. The first-order chi connectivity index (χ1) is 14.8. The second-order valence-corrected chi connectivity index (χ2v) is 23.2. The number of nitrogens with zero attached hydrogens (tertiary/aromatic N) is 1. The van der Waals surface area contributed by atoms with Crippen LogP contribution in [0.4, 0.5) is 0 Å². The van der Waals surface area contributed by atoms with Gasteiger partial charge in [0, 0.05) is 24.3 Å². The van der Waals surface area contributed by atoms with Crippen LogP contribution >= 0.6 is 11.8 Å².